The highest BCUT2D eigenvalue weighted by Gasteiger charge is 2.54. The third-order valence-electron chi connectivity index (χ3n) is 4.80. The Hall–Kier alpha value is -4.18. The van der Waals surface area contributed by atoms with E-state index in [4.69, 9.17) is 16.0 Å². The summed E-state index contributed by atoms with van der Waals surface area (Å²) in [6, 6.07) is 0.243. The maximum absolute atomic E-state index is 12.8. The highest BCUT2D eigenvalue weighted by atomic mass is 32.2. The quantitative estimate of drug-likeness (QED) is 0.139. The Kier molecular flexibility index (Phi) is 6.08. The first kappa shape index (κ1) is 23.0. The molecule has 176 valence electrons. The summed E-state index contributed by atoms with van der Waals surface area (Å²) in [4.78, 5) is 53.3. The molecule has 2 atom stereocenters. The molecule has 2 aromatic heterocycles. The van der Waals surface area contributed by atoms with Gasteiger partial charge in [0.15, 0.2) is 22.3 Å². The Morgan fingerprint density at radius 2 is 2.09 bits per heavy atom. The number of β-lactam (4-membered cyclic amide) rings is 1. The van der Waals surface area contributed by atoms with Crippen molar-refractivity contribution in [3.8, 4) is 0 Å². The number of carboxylic acid groups (broad SMARTS) is 1. The first-order chi connectivity index (χ1) is 16.2. The van der Waals surface area contributed by atoms with Crippen LogP contribution in [0.5, 0.6) is 0 Å². The van der Waals surface area contributed by atoms with Gasteiger partial charge >= 0.3 is 5.97 Å². The summed E-state index contributed by atoms with van der Waals surface area (Å²) < 4.78 is 4.94. The van der Waals surface area contributed by atoms with E-state index in [9.17, 15) is 29.5 Å². The van der Waals surface area contributed by atoms with E-state index in [1.54, 1.807) is 0 Å². The predicted molar refractivity (Wildman–Crippen MR) is 119 cm³/mol. The molecule has 2 aliphatic heterocycles. The summed E-state index contributed by atoms with van der Waals surface area (Å²) in [6.45, 7) is 0. The molecule has 2 aromatic rings. The molecule has 3 amide bonds. The maximum Gasteiger partial charge on any atom is 0.352 e. The van der Waals surface area contributed by atoms with Gasteiger partial charge < -0.3 is 31.6 Å². The van der Waals surface area contributed by atoms with E-state index < -0.39 is 40.8 Å². The number of primary amides is 1. The van der Waals surface area contributed by atoms with Gasteiger partial charge in [-0.05, 0) is 11.6 Å². The van der Waals surface area contributed by atoms with E-state index >= 15 is 0 Å². The summed E-state index contributed by atoms with van der Waals surface area (Å²) in [5, 5.41) is 28.7. The standard InChI is InChI=1S/C18H15N7O7S2/c19-13(26)8-3-7(32-24-8)2-1-6-4-33-16-11(15(28)25(16)12(6)17(29)30)22-14(27)10(23-31)9-5-34-18(20)21-9/h1-3,5,11,16,31H,4H2,(H2,19,26)(H2,20,21)(H,22,27)(H,29,30)/b2-1-,23-10-/t11-,16-/m1/s1. The van der Waals surface area contributed by atoms with Crippen molar-refractivity contribution in [3.63, 3.8) is 0 Å². The van der Waals surface area contributed by atoms with Crippen LogP contribution in [-0.2, 0) is 14.4 Å². The molecule has 0 spiro atoms. The zero-order valence-electron chi connectivity index (χ0n) is 16.9. The van der Waals surface area contributed by atoms with Crippen LogP contribution in [0.4, 0.5) is 5.13 Å². The Morgan fingerprint density at radius 1 is 1.32 bits per heavy atom. The second-order valence-corrected chi connectivity index (χ2v) is 8.87. The fourth-order valence-corrected chi connectivity index (χ4v) is 5.12. The number of fused-ring (bicyclic) bond motifs is 1. The van der Waals surface area contributed by atoms with Crippen molar-refractivity contribution in [3.05, 3.63) is 45.9 Å². The average molecular weight is 505 g/mol. The van der Waals surface area contributed by atoms with Crippen LogP contribution >= 0.6 is 23.1 Å². The highest BCUT2D eigenvalue weighted by molar-refractivity contribution is 8.00. The van der Waals surface area contributed by atoms with Gasteiger partial charge in [0.1, 0.15) is 22.8 Å². The van der Waals surface area contributed by atoms with E-state index in [0.29, 0.717) is 5.57 Å². The van der Waals surface area contributed by atoms with Gasteiger partial charge in [0.25, 0.3) is 17.7 Å². The van der Waals surface area contributed by atoms with E-state index in [1.165, 1.54) is 35.4 Å². The number of thiazole rings is 1. The third-order valence-corrected chi connectivity index (χ3v) is 6.77. The molecule has 0 aliphatic carbocycles. The van der Waals surface area contributed by atoms with Crippen molar-refractivity contribution in [2.75, 3.05) is 11.5 Å². The second kappa shape index (κ2) is 8.99. The second-order valence-electron chi connectivity index (χ2n) is 6.87. The number of aliphatic carboxylic acids is 1. The lowest BCUT2D eigenvalue weighted by atomic mass is 10.0. The van der Waals surface area contributed by atoms with Crippen molar-refractivity contribution in [2.24, 2.45) is 10.9 Å². The van der Waals surface area contributed by atoms with Crippen molar-refractivity contribution < 1.29 is 34.0 Å². The number of thioether (sulfide) groups is 1. The lowest BCUT2D eigenvalue weighted by Crippen LogP contribution is -2.71. The van der Waals surface area contributed by atoms with Crippen LogP contribution in [0, 0.1) is 0 Å². The van der Waals surface area contributed by atoms with Gasteiger partial charge in [-0.1, -0.05) is 16.4 Å². The number of hydrogen-bond acceptors (Lipinski definition) is 12. The molecule has 4 rings (SSSR count). The first-order valence-corrected chi connectivity index (χ1v) is 11.2. The number of nitrogen functional groups attached to an aromatic ring is 1. The molecule has 0 aromatic carbocycles. The number of carbonyl (C=O) groups excluding carboxylic acids is 3. The van der Waals surface area contributed by atoms with Gasteiger partial charge in [0, 0.05) is 17.2 Å². The van der Waals surface area contributed by atoms with Crippen molar-refractivity contribution in [1.29, 1.82) is 0 Å². The molecule has 4 heterocycles. The van der Waals surface area contributed by atoms with Crippen LogP contribution in [0.1, 0.15) is 21.9 Å². The minimum absolute atomic E-state index is 0.0351. The molecule has 0 radical (unpaired) electrons. The Labute approximate surface area is 197 Å². The Balaban J connectivity index is 1.52. The molecule has 34 heavy (non-hydrogen) atoms. The largest absolute Gasteiger partial charge is 0.477 e. The molecule has 2 aliphatic rings. The van der Waals surface area contributed by atoms with Gasteiger partial charge in [-0.2, -0.15) is 0 Å². The third kappa shape index (κ3) is 4.11. The number of allylic oxidation sites excluding steroid dienone is 1. The number of nitrogens with zero attached hydrogens (tertiary/aromatic N) is 4. The minimum atomic E-state index is -1.34. The SMILES string of the molecule is NC(=O)c1cc(/C=C\C2=C(C(=O)O)N3C(=O)[C@@H](NC(=O)/C(=N\O)c4csc(N)n4)[C@H]3SC2)on1. The fourth-order valence-electron chi connectivity index (χ4n) is 3.26. The van der Waals surface area contributed by atoms with Crippen LogP contribution in [0.15, 0.2) is 38.5 Å². The molecule has 0 saturated carbocycles. The highest BCUT2D eigenvalue weighted by Crippen LogP contribution is 2.40. The predicted octanol–water partition coefficient (Wildman–Crippen LogP) is -0.557. The van der Waals surface area contributed by atoms with Crippen LogP contribution in [0.3, 0.4) is 0 Å². The van der Waals surface area contributed by atoms with Crippen LogP contribution in [0.2, 0.25) is 0 Å². The van der Waals surface area contributed by atoms with Gasteiger partial charge in [-0.3, -0.25) is 19.3 Å². The molecule has 0 unspecified atom stereocenters. The molecule has 1 saturated heterocycles. The first-order valence-electron chi connectivity index (χ1n) is 9.31. The van der Waals surface area contributed by atoms with E-state index in [0.717, 1.165) is 16.2 Å². The van der Waals surface area contributed by atoms with E-state index in [2.05, 4.69) is 20.6 Å². The number of nitrogens with two attached hydrogens (primary N) is 2. The summed E-state index contributed by atoms with van der Waals surface area (Å²) >= 11 is 2.26. The number of oxime groups is 1. The Bertz CT molecular complexity index is 1300. The molecule has 0 bridgehead atoms. The molecular weight excluding hydrogens is 490 g/mol. The van der Waals surface area contributed by atoms with Crippen molar-refractivity contribution in [1.82, 2.24) is 20.4 Å². The number of amides is 3. The average Bonchev–Trinajstić information content (AvgIpc) is 3.45. The molecule has 7 N–H and O–H groups in total. The van der Waals surface area contributed by atoms with Gasteiger partial charge in [0.05, 0.1) is 0 Å². The zero-order chi connectivity index (χ0) is 24.6. The van der Waals surface area contributed by atoms with Crippen LogP contribution < -0.4 is 16.8 Å². The summed E-state index contributed by atoms with van der Waals surface area (Å²) in [7, 11) is 0. The lowest BCUT2D eigenvalue weighted by Gasteiger charge is -2.49. The number of carboxylic acids is 1. The number of carbonyl (C=O) groups is 4. The van der Waals surface area contributed by atoms with Gasteiger partial charge in [-0.15, -0.1) is 23.1 Å². The van der Waals surface area contributed by atoms with Crippen LogP contribution in [0.25, 0.3) is 6.08 Å². The molecule has 14 nitrogen and oxygen atoms in total. The fraction of sp³-hybridized carbons (Fsp3) is 0.167. The number of anilines is 1. The van der Waals surface area contributed by atoms with Gasteiger partial charge in [-0.25, -0.2) is 9.78 Å². The van der Waals surface area contributed by atoms with Gasteiger partial charge in [0.2, 0.25) is 0 Å². The summed E-state index contributed by atoms with van der Waals surface area (Å²) in [6.07, 6.45) is 2.83. The summed E-state index contributed by atoms with van der Waals surface area (Å²) in [5.74, 6) is -3.28. The molecule has 1 fully saturated rings. The Morgan fingerprint density at radius 3 is 2.68 bits per heavy atom. The topological polar surface area (TPSA) is 227 Å². The number of aromatic nitrogens is 2. The molecular formula is C18H15N7O7S2. The number of nitrogens with one attached hydrogen (secondary N) is 1. The minimum Gasteiger partial charge on any atom is -0.477 e. The van der Waals surface area contributed by atoms with E-state index in [1.807, 2.05) is 0 Å². The normalized spacial score (nSPS) is 20.3. The maximum atomic E-state index is 12.8. The lowest BCUT2D eigenvalue weighted by molar-refractivity contribution is -0.150. The molecule has 16 heteroatoms. The monoisotopic (exact) mass is 505 g/mol. The zero-order valence-corrected chi connectivity index (χ0v) is 18.5. The van der Waals surface area contributed by atoms with Crippen LogP contribution in [-0.4, -0.2) is 71.9 Å². The smallest absolute Gasteiger partial charge is 0.352 e. The van der Waals surface area contributed by atoms with Crippen molar-refractivity contribution in [2.45, 2.75) is 11.4 Å². The number of rotatable bonds is 7. The number of hydrogen-bond donors (Lipinski definition) is 5. The van der Waals surface area contributed by atoms with E-state index in [-0.39, 0.29) is 33.7 Å². The summed E-state index contributed by atoms with van der Waals surface area (Å²) in [5.41, 5.74) is 10.2. The van der Waals surface area contributed by atoms with Crippen molar-refractivity contribution >= 4 is 63.7 Å².